The number of carbonyl (C=O) groups is 3. The van der Waals surface area contributed by atoms with Crippen molar-refractivity contribution in [1.29, 1.82) is 0 Å². The number of esters is 1. The molecule has 0 unspecified atom stereocenters. The summed E-state index contributed by atoms with van der Waals surface area (Å²) in [5, 5.41) is 8.21. The Labute approximate surface area is 231 Å². The number of ether oxygens (including phenoxy) is 3. The number of hydrazone groups is 1. The van der Waals surface area contributed by atoms with Gasteiger partial charge in [0.2, 0.25) is 0 Å². The van der Waals surface area contributed by atoms with Gasteiger partial charge in [-0.05, 0) is 65.9 Å². The van der Waals surface area contributed by atoms with Gasteiger partial charge in [-0.3, -0.25) is 9.59 Å². The lowest BCUT2D eigenvalue weighted by Crippen LogP contribution is -2.32. The summed E-state index contributed by atoms with van der Waals surface area (Å²) in [5.41, 5.74) is 3.63. The molecule has 9 heteroatoms. The molecule has 204 valence electrons. The molecule has 40 heavy (non-hydrogen) atoms. The average molecular weight is 540 g/mol. The normalized spacial score (nSPS) is 10.8. The lowest BCUT2D eigenvalue weighted by Gasteiger charge is -2.10. The van der Waals surface area contributed by atoms with E-state index in [-0.39, 0.29) is 11.5 Å². The van der Waals surface area contributed by atoms with Crippen molar-refractivity contribution in [2.75, 3.05) is 19.0 Å². The largest absolute Gasteiger partial charge is 0.494 e. The topological polar surface area (TPSA) is 115 Å². The molecule has 0 atom stereocenters. The predicted octanol–water partition coefficient (Wildman–Crippen LogP) is 5.34. The van der Waals surface area contributed by atoms with Gasteiger partial charge < -0.3 is 19.5 Å². The molecule has 4 aromatic rings. The SMILES string of the molecule is CCCCOc1ccc(C(=O)Oc2ccc(C=NNC(=O)C(=O)Nc3cccc4ccccc34)cc2OC)cc1. The first-order valence-corrected chi connectivity index (χ1v) is 12.7. The van der Waals surface area contributed by atoms with Gasteiger partial charge in [0.1, 0.15) is 5.75 Å². The molecule has 0 heterocycles. The molecule has 2 amide bonds. The van der Waals surface area contributed by atoms with E-state index in [0.717, 1.165) is 23.6 Å². The van der Waals surface area contributed by atoms with Crippen molar-refractivity contribution in [3.05, 3.63) is 96.1 Å². The number of nitrogens with one attached hydrogen (secondary N) is 2. The Morgan fingerprint density at radius 1 is 0.875 bits per heavy atom. The van der Waals surface area contributed by atoms with E-state index in [2.05, 4.69) is 22.8 Å². The average Bonchev–Trinajstić information content (AvgIpc) is 2.98. The zero-order valence-corrected chi connectivity index (χ0v) is 22.2. The van der Waals surface area contributed by atoms with Crippen molar-refractivity contribution < 1.29 is 28.6 Å². The van der Waals surface area contributed by atoms with Crippen LogP contribution in [0, 0.1) is 0 Å². The van der Waals surface area contributed by atoms with Crippen molar-refractivity contribution >= 4 is 40.5 Å². The molecule has 0 saturated heterocycles. The standard InChI is InChI=1S/C31H29N3O6/c1-3-4-18-39-24-15-13-23(14-16-24)31(37)40-27-17-12-21(19-28(27)38-2)20-32-34-30(36)29(35)33-26-11-7-9-22-8-5-6-10-25(22)26/h5-17,19-20H,3-4,18H2,1-2H3,(H,33,35)(H,34,36). The number of benzene rings is 4. The van der Waals surface area contributed by atoms with Gasteiger partial charge in [-0.15, -0.1) is 0 Å². The fraction of sp³-hybridized carbons (Fsp3) is 0.161. The maximum atomic E-state index is 12.6. The van der Waals surface area contributed by atoms with Crippen molar-refractivity contribution in [1.82, 2.24) is 5.43 Å². The van der Waals surface area contributed by atoms with E-state index in [0.29, 0.717) is 29.2 Å². The van der Waals surface area contributed by atoms with E-state index in [9.17, 15) is 14.4 Å². The van der Waals surface area contributed by atoms with E-state index in [4.69, 9.17) is 14.2 Å². The molecular formula is C31H29N3O6. The quantitative estimate of drug-likeness (QED) is 0.0703. The van der Waals surface area contributed by atoms with Crippen LogP contribution in [-0.4, -0.2) is 37.7 Å². The summed E-state index contributed by atoms with van der Waals surface area (Å²) >= 11 is 0. The van der Waals surface area contributed by atoms with Gasteiger partial charge in [0.15, 0.2) is 11.5 Å². The Morgan fingerprint density at radius 2 is 1.65 bits per heavy atom. The van der Waals surface area contributed by atoms with Gasteiger partial charge in [-0.25, -0.2) is 10.2 Å². The third-order valence-corrected chi connectivity index (χ3v) is 5.87. The van der Waals surface area contributed by atoms with Gasteiger partial charge in [0.25, 0.3) is 0 Å². The molecule has 0 fully saturated rings. The highest BCUT2D eigenvalue weighted by atomic mass is 16.6. The molecule has 0 aliphatic heterocycles. The van der Waals surface area contributed by atoms with Crippen molar-refractivity contribution in [3.63, 3.8) is 0 Å². The van der Waals surface area contributed by atoms with E-state index in [1.165, 1.54) is 13.3 Å². The molecule has 0 aliphatic carbocycles. The molecule has 4 rings (SSSR count). The second kappa shape index (κ2) is 13.6. The molecule has 0 bridgehead atoms. The minimum absolute atomic E-state index is 0.214. The van der Waals surface area contributed by atoms with Crippen molar-refractivity contribution in [3.8, 4) is 17.2 Å². The Bertz CT molecular complexity index is 1530. The number of hydrogen-bond acceptors (Lipinski definition) is 7. The number of carbonyl (C=O) groups excluding carboxylic acids is 3. The summed E-state index contributed by atoms with van der Waals surface area (Å²) in [6, 6.07) is 24.4. The van der Waals surface area contributed by atoms with Crippen LogP contribution in [0.25, 0.3) is 10.8 Å². The molecular weight excluding hydrogens is 510 g/mol. The summed E-state index contributed by atoms with van der Waals surface area (Å²) < 4.78 is 16.5. The monoisotopic (exact) mass is 539 g/mol. The number of amides is 2. The van der Waals surface area contributed by atoms with Crippen LogP contribution in [-0.2, 0) is 9.59 Å². The van der Waals surface area contributed by atoms with Crippen LogP contribution in [0.2, 0.25) is 0 Å². The van der Waals surface area contributed by atoms with Crippen molar-refractivity contribution in [2.24, 2.45) is 5.10 Å². The summed E-state index contributed by atoms with van der Waals surface area (Å²) in [5.74, 6) is -1.14. The summed E-state index contributed by atoms with van der Waals surface area (Å²) in [6.45, 7) is 2.71. The van der Waals surface area contributed by atoms with Gasteiger partial charge in [-0.2, -0.15) is 5.10 Å². The van der Waals surface area contributed by atoms with E-state index in [1.807, 2.05) is 30.3 Å². The Balaban J connectivity index is 1.33. The number of nitrogens with zero attached hydrogens (tertiary/aromatic N) is 1. The van der Waals surface area contributed by atoms with Gasteiger partial charge >= 0.3 is 17.8 Å². The maximum absolute atomic E-state index is 12.6. The third kappa shape index (κ3) is 7.22. The van der Waals surface area contributed by atoms with Gasteiger partial charge in [0.05, 0.1) is 25.5 Å². The summed E-state index contributed by atoms with van der Waals surface area (Å²) in [7, 11) is 1.44. The molecule has 9 nitrogen and oxygen atoms in total. The van der Waals surface area contributed by atoms with Crippen LogP contribution in [0.3, 0.4) is 0 Å². The molecule has 0 radical (unpaired) electrons. The highest BCUT2D eigenvalue weighted by Gasteiger charge is 2.15. The Hall–Kier alpha value is -5.18. The number of methoxy groups -OCH3 is 1. The summed E-state index contributed by atoms with van der Waals surface area (Å²) in [6.07, 6.45) is 3.33. The maximum Gasteiger partial charge on any atom is 0.343 e. The fourth-order valence-electron chi connectivity index (χ4n) is 3.76. The number of hydrogen-bond donors (Lipinski definition) is 2. The first-order valence-electron chi connectivity index (χ1n) is 12.7. The van der Waals surface area contributed by atoms with E-state index < -0.39 is 17.8 Å². The first-order chi connectivity index (χ1) is 19.5. The van der Waals surface area contributed by atoms with E-state index >= 15 is 0 Å². The van der Waals surface area contributed by atoms with Crippen molar-refractivity contribution in [2.45, 2.75) is 19.8 Å². The molecule has 0 spiro atoms. The molecule has 0 aliphatic rings. The van der Waals surface area contributed by atoms with Crippen LogP contribution in [0.5, 0.6) is 17.2 Å². The minimum atomic E-state index is -0.927. The molecule has 0 saturated carbocycles. The second-order valence-electron chi connectivity index (χ2n) is 8.71. The van der Waals surface area contributed by atoms with Gasteiger partial charge in [0, 0.05) is 11.1 Å². The zero-order valence-electron chi connectivity index (χ0n) is 22.2. The molecule has 2 N–H and O–H groups in total. The fourth-order valence-corrected chi connectivity index (χ4v) is 3.76. The van der Waals surface area contributed by atoms with Gasteiger partial charge in [-0.1, -0.05) is 49.7 Å². The second-order valence-corrected chi connectivity index (χ2v) is 8.71. The molecule has 4 aromatic carbocycles. The van der Waals surface area contributed by atoms with Crippen LogP contribution in [0.15, 0.2) is 90.0 Å². The van der Waals surface area contributed by atoms with Crippen LogP contribution in [0.1, 0.15) is 35.7 Å². The minimum Gasteiger partial charge on any atom is -0.494 e. The zero-order chi connectivity index (χ0) is 28.3. The Kier molecular flexibility index (Phi) is 9.44. The number of rotatable bonds is 10. The first kappa shape index (κ1) is 27.8. The predicted molar refractivity (Wildman–Crippen MR) is 153 cm³/mol. The highest BCUT2D eigenvalue weighted by Crippen LogP contribution is 2.29. The summed E-state index contributed by atoms with van der Waals surface area (Å²) in [4.78, 5) is 37.3. The van der Waals surface area contributed by atoms with Crippen LogP contribution in [0.4, 0.5) is 5.69 Å². The van der Waals surface area contributed by atoms with Crippen LogP contribution < -0.4 is 25.0 Å². The lowest BCUT2D eigenvalue weighted by atomic mass is 10.1. The smallest absolute Gasteiger partial charge is 0.343 e. The lowest BCUT2D eigenvalue weighted by molar-refractivity contribution is -0.136. The van der Waals surface area contributed by atoms with Crippen LogP contribution >= 0.6 is 0 Å². The van der Waals surface area contributed by atoms with E-state index in [1.54, 1.807) is 54.6 Å². The number of unbranched alkanes of at least 4 members (excludes halogenated alkanes) is 1. The highest BCUT2D eigenvalue weighted by molar-refractivity contribution is 6.40. The number of anilines is 1. The number of fused-ring (bicyclic) bond motifs is 1. The third-order valence-electron chi connectivity index (χ3n) is 5.87. The Morgan fingerprint density at radius 3 is 2.42 bits per heavy atom. The molecule has 0 aromatic heterocycles.